The number of hydrogen-bond donors (Lipinski definition) is 2. The monoisotopic (exact) mass is 366 g/mol. The molecule has 1 aliphatic carbocycles. The van der Waals surface area contributed by atoms with Crippen LogP contribution in [0.4, 0.5) is 5.69 Å². The fourth-order valence-electron chi connectivity index (χ4n) is 2.25. The fourth-order valence-corrected chi connectivity index (χ4v) is 2.25. The number of carbonyl (C=O) groups excluding carboxylic acids is 1. The van der Waals surface area contributed by atoms with E-state index in [1.165, 1.54) is 0 Å². The molecule has 2 aromatic rings. The SMILES string of the molecule is CNCCCC(=O)Nc1ccc(OCc2noc(C3CC3)n2)cc1.Cl. The first kappa shape index (κ1) is 19.2. The highest BCUT2D eigenvalue weighted by atomic mass is 35.5. The van der Waals surface area contributed by atoms with Crippen molar-refractivity contribution in [1.29, 1.82) is 0 Å². The average Bonchev–Trinajstić information content (AvgIpc) is 3.33. The van der Waals surface area contributed by atoms with Gasteiger partial charge in [0.1, 0.15) is 5.75 Å². The third kappa shape index (κ3) is 6.03. The number of benzene rings is 1. The molecule has 25 heavy (non-hydrogen) atoms. The molecule has 1 aliphatic rings. The minimum atomic E-state index is 0. The molecule has 1 aromatic heterocycles. The maximum atomic E-state index is 11.7. The first-order valence-corrected chi connectivity index (χ1v) is 8.24. The van der Waals surface area contributed by atoms with E-state index >= 15 is 0 Å². The van der Waals surface area contributed by atoms with Crippen LogP contribution in [0.2, 0.25) is 0 Å². The van der Waals surface area contributed by atoms with Gasteiger partial charge >= 0.3 is 0 Å². The van der Waals surface area contributed by atoms with E-state index in [0.29, 0.717) is 29.8 Å². The summed E-state index contributed by atoms with van der Waals surface area (Å²) in [7, 11) is 1.87. The van der Waals surface area contributed by atoms with Crippen LogP contribution in [-0.2, 0) is 11.4 Å². The predicted molar refractivity (Wildman–Crippen MR) is 96.1 cm³/mol. The molecule has 3 rings (SSSR count). The highest BCUT2D eigenvalue weighted by Crippen LogP contribution is 2.38. The minimum absolute atomic E-state index is 0. The van der Waals surface area contributed by atoms with Gasteiger partial charge in [-0.2, -0.15) is 4.98 Å². The van der Waals surface area contributed by atoms with E-state index < -0.39 is 0 Å². The Bertz CT molecular complexity index is 671. The van der Waals surface area contributed by atoms with E-state index in [0.717, 1.165) is 31.5 Å². The van der Waals surface area contributed by atoms with Crippen LogP contribution in [0.1, 0.15) is 43.3 Å². The largest absolute Gasteiger partial charge is 0.485 e. The molecule has 0 atom stereocenters. The van der Waals surface area contributed by atoms with Gasteiger partial charge in [0.15, 0.2) is 6.61 Å². The Morgan fingerprint density at radius 2 is 2.08 bits per heavy atom. The molecule has 8 heteroatoms. The molecule has 1 saturated carbocycles. The lowest BCUT2D eigenvalue weighted by Gasteiger charge is -2.07. The van der Waals surface area contributed by atoms with Crippen LogP contribution >= 0.6 is 12.4 Å². The van der Waals surface area contributed by atoms with Gasteiger partial charge in [0.25, 0.3) is 0 Å². The molecule has 2 N–H and O–H groups in total. The van der Waals surface area contributed by atoms with Crippen molar-refractivity contribution in [2.24, 2.45) is 0 Å². The molecular weight excluding hydrogens is 344 g/mol. The molecule has 0 saturated heterocycles. The van der Waals surface area contributed by atoms with Crippen molar-refractivity contribution < 1.29 is 14.1 Å². The van der Waals surface area contributed by atoms with Crippen LogP contribution in [0.25, 0.3) is 0 Å². The van der Waals surface area contributed by atoms with Crippen molar-refractivity contribution in [1.82, 2.24) is 15.5 Å². The van der Waals surface area contributed by atoms with Gasteiger partial charge in [-0.05, 0) is 57.1 Å². The van der Waals surface area contributed by atoms with E-state index in [2.05, 4.69) is 20.8 Å². The van der Waals surface area contributed by atoms with Gasteiger partial charge < -0.3 is 19.9 Å². The molecule has 0 aliphatic heterocycles. The van der Waals surface area contributed by atoms with Gasteiger partial charge in [0, 0.05) is 18.0 Å². The zero-order chi connectivity index (χ0) is 16.8. The molecule has 0 unspecified atom stereocenters. The summed E-state index contributed by atoms with van der Waals surface area (Å²) in [6.07, 6.45) is 3.58. The Labute approximate surface area is 152 Å². The van der Waals surface area contributed by atoms with Crippen molar-refractivity contribution in [2.45, 2.75) is 38.2 Å². The highest BCUT2D eigenvalue weighted by molar-refractivity contribution is 5.90. The van der Waals surface area contributed by atoms with Gasteiger partial charge in [-0.15, -0.1) is 12.4 Å². The van der Waals surface area contributed by atoms with Gasteiger partial charge in [-0.3, -0.25) is 4.79 Å². The molecule has 1 fully saturated rings. The number of halogens is 1. The van der Waals surface area contributed by atoms with E-state index in [1.807, 2.05) is 31.3 Å². The van der Waals surface area contributed by atoms with Crippen LogP contribution in [0, 0.1) is 0 Å². The lowest BCUT2D eigenvalue weighted by Crippen LogP contribution is -2.15. The van der Waals surface area contributed by atoms with Gasteiger partial charge in [-0.1, -0.05) is 5.16 Å². The normalized spacial score (nSPS) is 13.2. The summed E-state index contributed by atoms with van der Waals surface area (Å²) in [6.45, 7) is 1.10. The smallest absolute Gasteiger partial charge is 0.229 e. The second-order valence-corrected chi connectivity index (χ2v) is 5.89. The molecule has 7 nitrogen and oxygen atoms in total. The molecule has 136 valence electrons. The summed E-state index contributed by atoms with van der Waals surface area (Å²) in [6, 6.07) is 7.25. The second-order valence-electron chi connectivity index (χ2n) is 5.89. The van der Waals surface area contributed by atoms with Gasteiger partial charge in [0.05, 0.1) is 0 Å². The third-order valence-corrected chi connectivity index (χ3v) is 3.75. The van der Waals surface area contributed by atoms with E-state index in [4.69, 9.17) is 9.26 Å². The number of ether oxygens (including phenoxy) is 1. The summed E-state index contributed by atoms with van der Waals surface area (Å²) in [5.41, 5.74) is 0.757. The van der Waals surface area contributed by atoms with Crippen LogP contribution in [-0.4, -0.2) is 29.6 Å². The Morgan fingerprint density at radius 3 is 2.76 bits per heavy atom. The van der Waals surface area contributed by atoms with Crippen molar-refractivity contribution in [3.05, 3.63) is 36.0 Å². The van der Waals surface area contributed by atoms with Crippen LogP contribution in [0.3, 0.4) is 0 Å². The van der Waals surface area contributed by atoms with Crippen LogP contribution < -0.4 is 15.4 Å². The summed E-state index contributed by atoms with van der Waals surface area (Å²) in [5, 5.41) is 9.79. The third-order valence-electron chi connectivity index (χ3n) is 3.75. The zero-order valence-electron chi connectivity index (χ0n) is 14.2. The number of rotatable bonds is 9. The first-order chi connectivity index (χ1) is 11.7. The Hall–Kier alpha value is -2.12. The van der Waals surface area contributed by atoms with E-state index in [-0.39, 0.29) is 24.9 Å². The van der Waals surface area contributed by atoms with E-state index in [9.17, 15) is 4.79 Å². The highest BCUT2D eigenvalue weighted by Gasteiger charge is 2.29. The number of hydrogen-bond acceptors (Lipinski definition) is 6. The van der Waals surface area contributed by atoms with Crippen LogP contribution in [0.5, 0.6) is 5.75 Å². The van der Waals surface area contributed by atoms with Crippen molar-refractivity contribution in [3.8, 4) is 5.75 Å². The molecule has 0 spiro atoms. The second kappa shape index (κ2) is 9.39. The molecular formula is C17H23ClN4O3. The Kier molecular flexibility index (Phi) is 7.21. The maximum Gasteiger partial charge on any atom is 0.229 e. The topological polar surface area (TPSA) is 89.3 Å². The van der Waals surface area contributed by atoms with Crippen molar-refractivity contribution >= 4 is 24.0 Å². The lowest BCUT2D eigenvalue weighted by molar-refractivity contribution is -0.116. The lowest BCUT2D eigenvalue weighted by atomic mass is 10.2. The molecule has 0 bridgehead atoms. The molecule has 0 radical (unpaired) electrons. The van der Waals surface area contributed by atoms with Crippen LogP contribution in [0.15, 0.2) is 28.8 Å². The zero-order valence-corrected chi connectivity index (χ0v) is 15.0. The molecule has 1 amide bonds. The summed E-state index contributed by atoms with van der Waals surface area (Å²) >= 11 is 0. The first-order valence-electron chi connectivity index (χ1n) is 8.24. The predicted octanol–water partition coefficient (Wildman–Crippen LogP) is 2.89. The quantitative estimate of drug-likeness (QED) is 0.663. The fraction of sp³-hybridized carbons (Fsp3) is 0.471. The average molecular weight is 367 g/mol. The number of aromatic nitrogens is 2. The van der Waals surface area contributed by atoms with E-state index in [1.54, 1.807) is 0 Å². The standard InChI is InChI=1S/C17H22N4O3.ClH/c1-18-10-2-3-16(22)19-13-6-8-14(9-7-13)23-11-15-20-17(24-21-15)12-4-5-12;/h6-9,12,18H,2-5,10-11H2,1H3,(H,19,22);1H. The number of amides is 1. The minimum Gasteiger partial charge on any atom is -0.485 e. The summed E-state index contributed by atoms with van der Waals surface area (Å²) < 4.78 is 10.8. The Morgan fingerprint density at radius 1 is 1.32 bits per heavy atom. The number of nitrogens with one attached hydrogen (secondary N) is 2. The Balaban J connectivity index is 0.00000225. The van der Waals surface area contributed by atoms with Gasteiger partial charge in [-0.25, -0.2) is 0 Å². The number of anilines is 1. The van der Waals surface area contributed by atoms with Crippen molar-refractivity contribution in [3.63, 3.8) is 0 Å². The maximum absolute atomic E-state index is 11.7. The molecule has 1 heterocycles. The van der Waals surface area contributed by atoms with Crippen molar-refractivity contribution in [2.75, 3.05) is 18.9 Å². The summed E-state index contributed by atoms with van der Waals surface area (Å²) in [5.74, 6) is 2.42. The molecule has 1 aromatic carbocycles. The number of carbonyl (C=O) groups is 1. The van der Waals surface area contributed by atoms with Gasteiger partial charge in [0.2, 0.25) is 17.6 Å². The number of nitrogens with zero attached hydrogens (tertiary/aromatic N) is 2. The summed E-state index contributed by atoms with van der Waals surface area (Å²) in [4.78, 5) is 16.1.